The molecule has 120 valence electrons. The molecule has 1 aromatic carbocycles. The molecule has 0 saturated heterocycles. The van der Waals surface area contributed by atoms with Gasteiger partial charge in [0.1, 0.15) is 0 Å². The van der Waals surface area contributed by atoms with Crippen LogP contribution in [0.1, 0.15) is 11.3 Å². The van der Waals surface area contributed by atoms with Gasteiger partial charge in [0.15, 0.2) is 18.1 Å². The van der Waals surface area contributed by atoms with Crippen molar-refractivity contribution in [3.63, 3.8) is 0 Å². The molecule has 7 heteroatoms. The number of carbonyl (C=O) groups is 1. The van der Waals surface area contributed by atoms with Gasteiger partial charge >= 0.3 is 0 Å². The highest BCUT2D eigenvalue weighted by atomic mass is 32.1. The summed E-state index contributed by atoms with van der Waals surface area (Å²) in [6.07, 6.45) is 2.41. The Labute approximate surface area is 137 Å². The van der Waals surface area contributed by atoms with E-state index in [0.717, 1.165) is 11.3 Å². The summed E-state index contributed by atoms with van der Waals surface area (Å²) in [6.45, 7) is 1.08. The first kappa shape index (κ1) is 15.4. The van der Waals surface area contributed by atoms with E-state index in [-0.39, 0.29) is 12.5 Å². The number of rotatable bonds is 5. The van der Waals surface area contributed by atoms with Crippen LogP contribution in [-0.4, -0.2) is 31.9 Å². The second kappa shape index (κ2) is 7.64. The van der Waals surface area contributed by atoms with Crippen LogP contribution in [0.15, 0.2) is 40.9 Å². The molecular weight excluding hydrogens is 316 g/mol. The van der Waals surface area contributed by atoms with Crippen molar-refractivity contribution >= 4 is 29.1 Å². The van der Waals surface area contributed by atoms with Gasteiger partial charge in [0.05, 0.1) is 19.4 Å². The lowest BCUT2D eigenvalue weighted by Gasteiger charge is -2.10. The van der Waals surface area contributed by atoms with Gasteiger partial charge in [-0.25, -0.2) is 0 Å². The number of ether oxygens (including phenoxy) is 2. The molecule has 1 aliphatic heterocycles. The van der Waals surface area contributed by atoms with E-state index in [1.165, 1.54) is 0 Å². The lowest BCUT2D eigenvalue weighted by atomic mass is 10.2. The SMILES string of the molecule is O=C(CO/N=C/c1cccs1)Nc1ccc2c(c1)OCCCO2. The Bertz CT molecular complexity index is 685. The molecule has 0 radical (unpaired) electrons. The summed E-state index contributed by atoms with van der Waals surface area (Å²) in [5.41, 5.74) is 0.630. The van der Waals surface area contributed by atoms with Crippen molar-refractivity contribution in [2.24, 2.45) is 5.16 Å². The number of carbonyl (C=O) groups excluding carboxylic acids is 1. The molecule has 0 atom stereocenters. The first-order valence-corrected chi connectivity index (χ1v) is 8.07. The Kier molecular flexibility index (Phi) is 5.10. The number of anilines is 1. The number of nitrogens with zero attached hydrogens (tertiary/aromatic N) is 1. The van der Waals surface area contributed by atoms with Crippen LogP contribution in [0.3, 0.4) is 0 Å². The highest BCUT2D eigenvalue weighted by Crippen LogP contribution is 2.32. The fraction of sp³-hybridized carbons (Fsp3) is 0.250. The number of hydrogen-bond acceptors (Lipinski definition) is 6. The minimum atomic E-state index is -0.289. The fourth-order valence-corrected chi connectivity index (χ4v) is 2.56. The standard InChI is InChI=1S/C16H16N2O4S/c19-16(11-22-17-10-13-3-1-8-23-13)18-12-4-5-14-15(9-12)21-7-2-6-20-14/h1,3-5,8-10H,2,6-7,11H2,(H,18,19)/b17-10+. The third kappa shape index (κ3) is 4.46. The van der Waals surface area contributed by atoms with Gasteiger partial charge in [-0.2, -0.15) is 0 Å². The Morgan fingerprint density at radius 1 is 1.30 bits per heavy atom. The number of thiophene rings is 1. The van der Waals surface area contributed by atoms with Crippen LogP contribution in [0.4, 0.5) is 5.69 Å². The van der Waals surface area contributed by atoms with Crippen LogP contribution in [0.2, 0.25) is 0 Å². The zero-order chi connectivity index (χ0) is 15.9. The number of oxime groups is 1. The van der Waals surface area contributed by atoms with Crippen molar-refractivity contribution in [1.82, 2.24) is 0 Å². The van der Waals surface area contributed by atoms with Crippen molar-refractivity contribution < 1.29 is 19.1 Å². The predicted molar refractivity (Wildman–Crippen MR) is 88.5 cm³/mol. The molecule has 2 aromatic rings. The molecule has 1 aromatic heterocycles. The fourth-order valence-electron chi connectivity index (χ4n) is 1.99. The molecule has 0 fully saturated rings. The van der Waals surface area contributed by atoms with E-state index in [4.69, 9.17) is 14.3 Å². The Morgan fingerprint density at radius 3 is 3.00 bits per heavy atom. The largest absolute Gasteiger partial charge is 0.490 e. The minimum absolute atomic E-state index is 0.156. The van der Waals surface area contributed by atoms with Crippen LogP contribution in [0.5, 0.6) is 11.5 Å². The van der Waals surface area contributed by atoms with Crippen LogP contribution in [0, 0.1) is 0 Å². The smallest absolute Gasteiger partial charge is 0.265 e. The molecule has 2 heterocycles. The molecule has 0 bridgehead atoms. The van der Waals surface area contributed by atoms with E-state index in [1.807, 2.05) is 17.5 Å². The highest BCUT2D eigenvalue weighted by molar-refractivity contribution is 7.11. The quantitative estimate of drug-likeness (QED) is 0.675. The lowest BCUT2D eigenvalue weighted by Crippen LogP contribution is -2.17. The second-order valence-corrected chi connectivity index (χ2v) is 5.76. The normalized spacial score (nSPS) is 13.6. The van der Waals surface area contributed by atoms with E-state index >= 15 is 0 Å². The van der Waals surface area contributed by atoms with Crippen LogP contribution >= 0.6 is 11.3 Å². The predicted octanol–water partition coefficient (Wildman–Crippen LogP) is 2.90. The molecule has 0 aliphatic carbocycles. The molecular formula is C16H16N2O4S. The summed E-state index contributed by atoms with van der Waals surface area (Å²) >= 11 is 1.54. The Hall–Kier alpha value is -2.54. The molecule has 3 rings (SSSR count). The molecule has 1 aliphatic rings. The summed E-state index contributed by atoms with van der Waals surface area (Å²) in [5.74, 6) is 1.04. The van der Waals surface area contributed by atoms with E-state index in [1.54, 1.807) is 35.8 Å². The van der Waals surface area contributed by atoms with Crippen molar-refractivity contribution in [2.45, 2.75) is 6.42 Å². The monoisotopic (exact) mass is 332 g/mol. The number of benzene rings is 1. The second-order valence-electron chi connectivity index (χ2n) is 4.78. The molecule has 0 spiro atoms. The van der Waals surface area contributed by atoms with Gasteiger partial charge in [0, 0.05) is 23.1 Å². The number of hydrogen-bond donors (Lipinski definition) is 1. The molecule has 0 saturated carbocycles. The third-order valence-electron chi connectivity index (χ3n) is 3.02. The van der Waals surface area contributed by atoms with Gasteiger partial charge in [-0.1, -0.05) is 11.2 Å². The van der Waals surface area contributed by atoms with Crippen molar-refractivity contribution in [3.8, 4) is 11.5 Å². The summed E-state index contributed by atoms with van der Waals surface area (Å²) in [7, 11) is 0. The number of amides is 1. The first-order chi connectivity index (χ1) is 11.3. The number of nitrogens with one attached hydrogen (secondary N) is 1. The van der Waals surface area contributed by atoms with E-state index in [0.29, 0.717) is 30.4 Å². The Balaban J connectivity index is 1.50. The van der Waals surface area contributed by atoms with Crippen molar-refractivity contribution in [1.29, 1.82) is 0 Å². The summed E-state index contributed by atoms with van der Waals surface area (Å²) < 4.78 is 11.1. The minimum Gasteiger partial charge on any atom is -0.490 e. The average Bonchev–Trinajstić information content (AvgIpc) is 2.96. The van der Waals surface area contributed by atoms with E-state index in [9.17, 15) is 4.79 Å². The summed E-state index contributed by atoms with van der Waals surface area (Å²) in [4.78, 5) is 17.8. The van der Waals surface area contributed by atoms with Gasteiger partial charge in [-0.15, -0.1) is 11.3 Å². The number of fused-ring (bicyclic) bond motifs is 1. The molecule has 1 N–H and O–H groups in total. The molecule has 0 unspecified atom stereocenters. The zero-order valence-corrected chi connectivity index (χ0v) is 13.2. The van der Waals surface area contributed by atoms with E-state index < -0.39 is 0 Å². The average molecular weight is 332 g/mol. The van der Waals surface area contributed by atoms with Gasteiger partial charge < -0.3 is 19.6 Å². The zero-order valence-electron chi connectivity index (χ0n) is 12.4. The maximum atomic E-state index is 11.8. The topological polar surface area (TPSA) is 69.2 Å². The molecule has 23 heavy (non-hydrogen) atoms. The molecule has 6 nitrogen and oxygen atoms in total. The summed E-state index contributed by atoms with van der Waals surface area (Å²) in [5, 5.41) is 8.44. The van der Waals surface area contributed by atoms with Crippen molar-refractivity contribution in [3.05, 3.63) is 40.6 Å². The van der Waals surface area contributed by atoms with Gasteiger partial charge in [0.2, 0.25) is 0 Å². The van der Waals surface area contributed by atoms with Crippen LogP contribution in [0.25, 0.3) is 0 Å². The van der Waals surface area contributed by atoms with Gasteiger partial charge in [-0.3, -0.25) is 4.79 Å². The maximum absolute atomic E-state index is 11.8. The Morgan fingerprint density at radius 2 is 2.17 bits per heavy atom. The summed E-state index contributed by atoms with van der Waals surface area (Å²) in [6, 6.07) is 9.12. The maximum Gasteiger partial charge on any atom is 0.265 e. The van der Waals surface area contributed by atoms with Crippen molar-refractivity contribution in [2.75, 3.05) is 25.1 Å². The van der Waals surface area contributed by atoms with E-state index in [2.05, 4.69) is 10.5 Å². The van der Waals surface area contributed by atoms with Crippen LogP contribution < -0.4 is 14.8 Å². The van der Waals surface area contributed by atoms with Crippen LogP contribution in [-0.2, 0) is 9.63 Å². The molecule has 1 amide bonds. The lowest BCUT2D eigenvalue weighted by molar-refractivity contribution is -0.120. The first-order valence-electron chi connectivity index (χ1n) is 7.19. The van der Waals surface area contributed by atoms with Gasteiger partial charge in [-0.05, 0) is 23.6 Å². The highest BCUT2D eigenvalue weighted by Gasteiger charge is 2.11. The van der Waals surface area contributed by atoms with Gasteiger partial charge in [0.25, 0.3) is 5.91 Å². The third-order valence-corrected chi connectivity index (χ3v) is 3.83.